The molecule has 2 aromatic rings. The highest BCUT2D eigenvalue weighted by molar-refractivity contribution is 9.10. The Kier molecular flexibility index (Phi) is 4.01. The monoisotopic (exact) mass is 329 g/mol. The van der Waals surface area contributed by atoms with Crippen LogP contribution in [0.15, 0.2) is 22.8 Å². The highest BCUT2D eigenvalue weighted by Crippen LogP contribution is 2.26. The minimum Gasteiger partial charge on any atom is -0.324 e. The lowest BCUT2D eigenvalue weighted by Crippen LogP contribution is -2.16. The van der Waals surface area contributed by atoms with Crippen molar-refractivity contribution in [1.29, 1.82) is 0 Å². The van der Waals surface area contributed by atoms with Gasteiger partial charge in [-0.2, -0.15) is 5.10 Å². The fourth-order valence-corrected chi connectivity index (χ4v) is 2.34. The van der Waals surface area contributed by atoms with Crippen LogP contribution in [0.1, 0.15) is 22.9 Å². The summed E-state index contributed by atoms with van der Waals surface area (Å²) < 4.78 is 29.5. The second-order valence-corrected chi connectivity index (χ2v) is 5.30. The third kappa shape index (κ3) is 2.69. The Morgan fingerprint density at radius 3 is 2.68 bits per heavy atom. The molecule has 1 unspecified atom stereocenters. The number of hydrogen-bond acceptors (Lipinski definition) is 2. The van der Waals surface area contributed by atoms with Gasteiger partial charge in [0.05, 0.1) is 10.7 Å². The van der Waals surface area contributed by atoms with Crippen LogP contribution < -0.4 is 5.73 Å². The highest BCUT2D eigenvalue weighted by atomic mass is 79.9. The Morgan fingerprint density at radius 1 is 1.42 bits per heavy atom. The van der Waals surface area contributed by atoms with Crippen molar-refractivity contribution < 1.29 is 8.78 Å². The summed E-state index contributed by atoms with van der Waals surface area (Å²) in [5, 5.41) is 4.08. The van der Waals surface area contributed by atoms with Gasteiger partial charge in [-0.3, -0.25) is 4.68 Å². The molecular formula is C13H14BrF2N3. The van der Waals surface area contributed by atoms with Gasteiger partial charge in [0.25, 0.3) is 0 Å². The van der Waals surface area contributed by atoms with Crippen LogP contribution >= 0.6 is 15.9 Å². The summed E-state index contributed by atoms with van der Waals surface area (Å²) in [6.07, 6.45) is 1.72. The molecule has 0 aliphatic rings. The lowest BCUT2D eigenvalue weighted by molar-refractivity contribution is 0.535. The molecule has 0 radical (unpaired) electrons. The molecule has 1 atom stereocenters. The number of aromatic nitrogens is 2. The standard InChI is InChI=1S/C13H14BrF2N3/c1-7-9(6-18-19(7)2)12(17)5-8-11(15)4-3-10(14)13(8)16/h3-4,6,12H,5,17H2,1-2H3. The van der Waals surface area contributed by atoms with Crippen molar-refractivity contribution in [1.82, 2.24) is 9.78 Å². The van der Waals surface area contributed by atoms with E-state index in [1.54, 1.807) is 17.9 Å². The van der Waals surface area contributed by atoms with Crippen molar-refractivity contribution in [3.63, 3.8) is 0 Å². The SMILES string of the molecule is Cc1c(C(N)Cc2c(F)ccc(Br)c2F)cnn1C. The van der Waals surface area contributed by atoms with Gasteiger partial charge in [-0.25, -0.2) is 8.78 Å². The maximum absolute atomic E-state index is 13.9. The molecule has 0 bridgehead atoms. The van der Waals surface area contributed by atoms with Gasteiger partial charge in [0.1, 0.15) is 11.6 Å². The third-order valence-electron chi connectivity index (χ3n) is 3.24. The topological polar surface area (TPSA) is 43.8 Å². The first-order valence-electron chi connectivity index (χ1n) is 5.78. The summed E-state index contributed by atoms with van der Waals surface area (Å²) in [6, 6.07) is 2.08. The molecule has 1 heterocycles. The van der Waals surface area contributed by atoms with Crippen molar-refractivity contribution in [3.8, 4) is 0 Å². The number of benzene rings is 1. The van der Waals surface area contributed by atoms with Crippen molar-refractivity contribution in [2.45, 2.75) is 19.4 Å². The molecule has 6 heteroatoms. The number of aryl methyl sites for hydroxylation is 1. The summed E-state index contributed by atoms with van der Waals surface area (Å²) in [5.74, 6) is -1.19. The number of hydrogen-bond donors (Lipinski definition) is 1. The summed E-state index contributed by atoms with van der Waals surface area (Å²) in [6.45, 7) is 1.87. The molecule has 0 fully saturated rings. The van der Waals surface area contributed by atoms with E-state index in [4.69, 9.17) is 5.73 Å². The summed E-state index contributed by atoms with van der Waals surface area (Å²) >= 11 is 3.05. The van der Waals surface area contributed by atoms with E-state index in [1.165, 1.54) is 12.1 Å². The number of nitrogens with two attached hydrogens (primary N) is 1. The van der Waals surface area contributed by atoms with Crippen LogP contribution in [0.25, 0.3) is 0 Å². The van der Waals surface area contributed by atoms with E-state index in [2.05, 4.69) is 21.0 Å². The van der Waals surface area contributed by atoms with Crippen LogP contribution in [0, 0.1) is 18.6 Å². The lowest BCUT2D eigenvalue weighted by Gasteiger charge is -2.13. The van der Waals surface area contributed by atoms with Crippen LogP contribution in [-0.2, 0) is 13.5 Å². The quantitative estimate of drug-likeness (QED) is 0.880. The van der Waals surface area contributed by atoms with Gasteiger partial charge in [-0.15, -0.1) is 0 Å². The van der Waals surface area contributed by atoms with E-state index in [0.717, 1.165) is 11.3 Å². The molecule has 0 spiro atoms. The van der Waals surface area contributed by atoms with Gasteiger partial charge in [0.15, 0.2) is 0 Å². The van der Waals surface area contributed by atoms with Gasteiger partial charge >= 0.3 is 0 Å². The molecule has 0 aliphatic heterocycles. The average molecular weight is 330 g/mol. The molecule has 0 amide bonds. The molecule has 2 rings (SSSR count). The van der Waals surface area contributed by atoms with E-state index < -0.39 is 17.7 Å². The largest absolute Gasteiger partial charge is 0.324 e. The predicted molar refractivity (Wildman–Crippen MR) is 72.6 cm³/mol. The number of rotatable bonds is 3. The van der Waals surface area contributed by atoms with E-state index in [9.17, 15) is 8.78 Å². The predicted octanol–water partition coefficient (Wildman–Crippen LogP) is 3.01. The maximum Gasteiger partial charge on any atom is 0.143 e. The van der Waals surface area contributed by atoms with Crippen LogP contribution in [0.2, 0.25) is 0 Å². The third-order valence-corrected chi connectivity index (χ3v) is 3.85. The molecule has 3 nitrogen and oxygen atoms in total. The van der Waals surface area contributed by atoms with Crippen molar-refractivity contribution in [2.24, 2.45) is 12.8 Å². The molecule has 0 aliphatic carbocycles. The van der Waals surface area contributed by atoms with Crippen molar-refractivity contribution >= 4 is 15.9 Å². The fraction of sp³-hybridized carbons (Fsp3) is 0.308. The van der Waals surface area contributed by atoms with Gasteiger partial charge < -0.3 is 5.73 Å². The average Bonchev–Trinajstić information content (AvgIpc) is 2.70. The first kappa shape index (κ1) is 14.1. The Morgan fingerprint density at radius 2 is 2.11 bits per heavy atom. The summed E-state index contributed by atoms with van der Waals surface area (Å²) in [5.41, 5.74) is 7.70. The molecule has 2 N–H and O–H groups in total. The van der Waals surface area contributed by atoms with E-state index >= 15 is 0 Å². The lowest BCUT2D eigenvalue weighted by atomic mass is 9.99. The molecule has 0 saturated carbocycles. The van der Waals surface area contributed by atoms with E-state index in [0.29, 0.717) is 0 Å². The Balaban J connectivity index is 2.32. The first-order valence-corrected chi connectivity index (χ1v) is 6.57. The zero-order valence-corrected chi connectivity index (χ0v) is 12.2. The fourth-order valence-electron chi connectivity index (χ4n) is 1.97. The Bertz CT molecular complexity index is 610. The molecule has 1 aromatic carbocycles. The summed E-state index contributed by atoms with van der Waals surface area (Å²) in [4.78, 5) is 0. The van der Waals surface area contributed by atoms with Gasteiger partial charge in [0, 0.05) is 29.9 Å². The smallest absolute Gasteiger partial charge is 0.143 e. The van der Waals surface area contributed by atoms with Gasteiger partial charge in [-0.1, -0.05) is 0 Å². The molecule has 19 heavy (non-hydrogen) atoms. The molecule has 1 aromatic heterocycles. The van der Waals surface area contributed by atoms with Crippen molar-refractivity contribution in [2.75, 3.05) is 0 Å². The van der Waals surface area contributed by atoms with E-state index in [-0.39, 0.29) is 16.5 Å². The second kappa shape index (κ2) is 5.38. The van der Waals surface area contributed by atoms with Crippen LogP contribution in [0.5, 0.6) is 0 Å². The van der Waals surface area contributed by atoms with Crippen LogP contribution in [0.3, 0.4) is 0 Å². The van der Waals surface area contributed by atoms with E-state index in [1.807, 2.05) is 6.92 Å². The Labute approximate surface area is 118 Å². The number of halogens is 3. The van der Waals surface area contributed by atoms with Gasteiger partial charge in [0.2, 0.25) is 0 Å². The molecule has 102 valence electrons. The number of nitrogens with zero attached hydrogens (tertiary/aromatic N) is 2. The normalized spacial score (nSPS) is 12.7. The second-order valence-electron chi connectivity index (χ2n) is 4.44. The zero-order chi connectivity index (χ0) is 14.2. The summed E-state index contributed by atoms with van der Waals surface area (Å²) in [7, 11) is 1.80. The van der Waals surface area contributed by atoms with Crippen molar-refractivity contribution in [3.05, 3.63) is 51.3 Å². The zero-order valence-electron chi connectivity index (χ0n) is 10.6. The highest BCUT2D eigenvalue weighted by Gasteiger charge is 2.19. The minimum atomic E-state index is -0.600. The maximum atomic E-state index is 13.9. The molecular weight excluding hydrogens is 316 g/mol. The first-order chi connectivity index (χ1) is 8.91. The van der Waals surface area contributed by atoms with Crippen LogP contribution in [0.4, 0.5) is 8.78 Å². The van der Waals surface area contributed by atoms with Gasteiger partial charge in [-0.05, 0) is 41.4 Å². The molecule has 0 saturated heterocycles. The minimum absolute atomic E-state index is 0.00914. The van der Waals surface area contributed by atoms with Crippen LogP contribution in [-0.4, -0.2) is 9.78 Å². The Hall–Kier alpha value is -1.27.